The molecule has 0 saturated carbocycles. The topological polar surface area (TPSA) is 37.8 Å². The van der Waals surface area contributed by atoms with E-state index in [9.17, 15) is 0 Å². The maximum atomic E-state index is 4.38. The summed E-state index contributed by atoms with van der Waals surface area (Å²) in [5.41, 5.74) is 2.88. The van der Waals surface area contributed by atoms with Gasteiger partial charge < -0.3 is 5.32 Å². The molecule has 0 aliphatic carbocycles. The van der Waals surface area contributed by atoms with Crippen molar-refractivity contribution in [3.05, 3.63) is 29.0 Å². The lowest BCUT2D eigenvalue weighted by molar-refractivity contribution is 1.22. The second kappa shape index (κ2) is 5.50. The fourth-order valence-corrected chi connectivity index (χ4v) is 2.06. The Morgan fingerprint density at radius 1 is 1.44 bits per heavy atom. The Morgan fingerprint density at radius 3 is 3.12 bits per heavy atom. The monoisotopic (exact) mass is 297 g/mol. The van der Waals surface area contributed by atoms with Crippen LogP contribution >= 0.6 is 27.7 Å². The Labute approximate surface area is 107 Å². The minimum Gasteiger partial charge on any atom is -0.382 e. The van der Waals surface area contributed by atoms with Gasteiger partial charge in [-0.15, -0.1) is 0 Å². The molecule has 5 heteroatoms. The van der Waals surface area contributed by atoms with Crippen molar-refractivity contribution >= 4 is 44.4 Å². The smallest absolute Gasteiger partial charge is 0.112 e. The van der Waals surface area contributed by atoms with Crippen LogP contribution in [0.15, 0.2) is 29.0 Å². The van der Waals surface area contributed by atoms with E-state index in [1.807, 2.05) is 23.9 Å². The summed E-state index contributed by atoms with van der Waals surface area (Å²) in [7, 11) is 0. The van der Waals surface area contributed by atoms with Crippen LogP contribution in [0.5, 0.6) is 0 Å². The molecule has 0 atom stereocenters. The summed E-state index contributed by atoms with van der Waals surface area (Å²) in [6.45, 7) is 0.942. The summed E-state index contributed by atoms with van der Waals surface area (Å²) in [6, 6.07) is 3.94. The van der Waals surface area contributed by atoms with Gasteiger partial charge in [-0.2, -0.15) is 11.8 Å². The minimum absolute atomic E-state index is 0.906. The van der Waals surface area contributed by atoms with Gasteiger partial charge in [0.2, 0.25) is 0 Å². The molecule has 0 unspecified atom stereocenters. The average molecular weight is 298 g/mol. The first-order valence-electron chi connectivity index (χ1n) is 4.94. The zero-order valence-corrected chi connectivity index (χ0v) is 11.3. The van der Waals surface area contributed by atoms with Gasteiger partial charge in [-0.25, -0.2) is 0 Å². The average Bonchev–Trinajstić information content (AvgIpc) is 2.29. The highest BCUT2D eigenvalue weighted by atomic mass is 79.9. The number of hydrogen-bond donors (Lipinski definition) is 1. The van der Waals surface area contributed by atoms with Crippen LogP contribution in [0.4, 0.5) is 5.69 Å². The van der Waals surface area contributed by atoms with Crippen molar-refractivity contribution in [1.29, 1.82) is 0 Å². The second-order valence-corrected chi connectivity index (χ2v) is 5.20. The molecule has 0 amide bonds. The molecule has 2 aromatic heterocycles. The molecular formula is C11H12BrN3S. The Bertz CT molecular complexity index is 490. The molecule has 0 spiro atoms. The standard InChI is InChI=1S/C11H12BrN3S/c1-16-5-4-14-9-2-3-13-10-6-8(12)7-15-11(9)10/h2-3,6-7H,4-5H2,1H3,(H,13,14). The highest BCUT2D eigenvalue weighted by Gasteiger charge is 2.02. The first kappa shape index (κ1) is 11.7. The van der Waals surface area contributed by atoms with E-state index in [0.717, 1.165) is 33.5 Å². The number of anilines is 1. The highest BCUT2D eigenvalue weighted by Crippen LogP contribution is 2.21. The molecule has 1 N–H and O–H groups in total. The SMILES string of the molecule is CSCCNc1ccnc2cc(Br)cnc12. The minimum atomic E-state index is 0.906. The van der Waals surface area contributed by atoms with Crippen LogP contribution in [-0.2, 0) is 0 Å². The molecule has 2 heterocycles. The Kier molecular flexibility index (Phi) is 4.01. The zero-order valence-electron chi connectivity index (χ0n) is 8.90. The molecule has 84 valence electrons. The molecule has 16 heavy (non-hydrogen) atoms. The van der Waals surface area contributed by atoms with E-state index in [1.165, 1.54) is 0 Å². The maximum Gasteiger partial charge on any atom is 0.112 e. The van der Waals surface area contributed by atoms with Gasteiger partial charge in [0.05, 0.1) is 11.2 Å². The third-order valence-corrected chi connectivity index (χ3v) is 3.21. The number of hydrogen-bond acceptors (Lipinski definition) is 4. The summed E-state index contributed by atoms with van der Waals surface area (Å²) >= 11 is 5.22. The van der Waals surface area contributed by atoms with Crippen LogP contribution in [0.3, 0.4) is 0 Å². The van der Waals surface area contributed by atoms with Gasteiger partial charge >= 0.3 is 0 Å². The van der Waals surface area contributed by atoms with E-state index in [2.05, 4.69) is 37.5 Å². The molecule has 0 aromatic carbocycles. The molecule has 2 aromatic rings. The molecule has 0 aliphatic rings. The number of nitrogens with one attached hydrogen (secondary N) is 1. The van der Waals surface area contributed by atoms with Gasteiger partial charge in [0, 0.05) is 29.2 Å². The Balaban J connectivity index is 2.30. The molecule has 0 fully saturated rings. The fourth-order valence-electron chi connectivity index (χ4n) is 1.44. The van der Waals surface area contributed by atoms with Gasteiger partial charge in [0.1, 0.15) is 5.52 Å². The Hall–Kier alpha value is -0.810. The summed E-state index contributed by atoms with van der Waals surface area (Å²) in [4.78, 5) is 8.67. The van der Waals surface area contributed by atoms with Gasteiger partial charge in [0.15, 0.2) is 0 Å². The van der Waals surface area contributed by atoms with Gasteiger partial charge in [-0.1, -0.05) is 0 Å². The van der Waals surface area contributed by atoms with Gasteiger partial charge in [-0.3, -0.25) is 9.97 Å². The summed E-state index contributed by atoms with van der Waals surface area (Å²) in [5.74, 6) is 1.08. The molecule has 3 nitrogen and oxygen atoms in total. The zero-order chi connectivity index (χ0) is 11.4. The summed E-state index contributed by atoms with van der Waals surface area (Å²) in [6.07, 6.45) is 5.70. The van der Waals surface area contributed by atoms with Crippen molar-refractivity contribution in [2.24, 2.45) is 0 Å². The van der Waals surface area contributed by atoms with E-state index in [0.29, 0.717) is 0 Å². The van der Waals surface area contributed by atoms with Crippen LogP contribution in [0.25, 0.3) is 11.0 Å². The van der Waals surface area contributed by atoms with Crippen molar-refractivity contribution < 1.29 is 0 Å². The van der Waals surface area contributed by atoms with Crippen molar-refractivity contribution in [2.45, 2.75) is 0 Å². The summed E-state index contributed by atoms with van der Waals surface area (Å²) < 4.78 is 0.953. The largest absolute Gasteiger partial charge is 0.382 e. The predicted octanol–water partition coefficient (Wildman–Crippen LogP) is 3.17. The van der Waals surface area contributed by atoms with E-state index in [-0.39, 0.29) is 0 Å². The number of aromatic nitrogens is 2. The van der Waals surface area contributed by atoms with E-state index in [4.69, 9.17) is 0 Å². The molecule has 0 radical (unpaired) electrons. The number of nitrogens with zero attached hydrogens (tertiary/aromatic N) is 2. The quantitative estimate of drug-likeness (QED) is 0.880. The van der Waals surface area contributed by atoms with Crippen LogP contribution in [0.1, 0.15) is 0 Å². The third kappa shape index (κ3) is 2.65. The lowest BCUT2D eigenvalue weighted by Crippen LogP contribution is -2.04. The first-order valence-corrected chi connectivity index (χ1v) is 7.13. The van der Waals surface area contributed by atoms with E-state index < -0.39 is 0 Å². The van der Waals surface area contributed by atoms with Gasteiger partial charge in [0.25, 0.3) is 0 Å². The number of rotatable bonds is 4. The molecular weight excluding hydrogens is 286 g/mol. The van der Waals surface area contributed by atoms with Crippen molar-refractivity contribution in [1.82, 2.24) is 9.97 Å². The second-order valence-electron chi connectivity index (χ2n) is 3.30. The molecule has 0 bridgehead atoms. The normalized spacial score (nSPS) is 10.6. The molecule has 0 aliphatic heterocycles. The van der Waals surface area contributed by atoms with Crippen LogP contribution < -0.4 is 5.32 Å². The fraction of sp³-hybridized carbons (Fsp3) is 0.273. The van der Waals surface area contributed by atoms with E-state index in [1.54, 1.807) is 12.4 Å². The van der Waals surface area contributed by atoms with Crippen molar-refractivity contribution in [3.8, 4) is 0 Å². The van der Waals surface area contributed by atoms with Crippen LogP contribution in [-0.4, -0.2) is 28.5 Å². The van der Waals surface area contributed by atoms with Crippen LogP contribution in [0.2, 0.25) is 0 Å². The predicted molar refractivity (Wildman–Crippen MR) is 74.1 cm³/mol. The lowest BCUT2D eigenvalue weighted by Gasteiger charge is -2.07. The number of thioether (sulfide) groups is 1. The van der Waals surface area contributed by atoms with Gasteiger partial charge in [-0.05, 0) is 34.3 Å². The first-order chi connectivity index (χ1) is 7.81. The third-order valence-electron chi connectivity index (χ3n) is 2.17. The molecule has 0 saturated heterocycles. The van der Waals surface area contributed by atoms with Crippen molar-refractivity contribution in [3.63, 3.8) is 0 Å². The van der Waals surface area contributed by atoms with E-state index >= 15 is 0 Å². The number of fused-ring (bicyclic) bond motifs is 1. The maximum absolute atomic E-state index is 4.38. The van der Waals surface area contributed by atoms with Crippen LogP contribution in [0, 0.1) is 0 Å². The molecule has 2 rings (SSSR count). The van der Waals surface area contributed by atoms with Crippen molar-refractivity contribution in [2.75, 3.05) is 23.9 Å². The number of pyridine rings is 2. The summed E-state index contributed by atoms with van der Waals surface area (Å²) in [5, 5.41) is 3.37. The highest BCUT2D eigenvalue weighted by molar-refractivity contribution is 9.10. The number of halogens is 1. The Morgan fingerprint density at radius 2 is 2.31 bits per heavy atom. The lowest BCUT2D eigenvalue weighted by atomic mass is 10.3.